The van der Waals surface area contributed by atoms with E-state index in [0.29, 0.717) is 25.7 Å². The zero-order valence-corrected chi connectivity index (χ0v) is 89.8. The standard InChI is InChI=1S/4C27H41NO5S/c4*1-16-9-8-10-17(2)25(31)19(4)26(32)27(6,7)23(29)14-24(30)33-22(12-11-16)18(3)13-21-15-34-20(5)28-21/h4*11,13,15,17,19,22-23,25,29,31H,8-10,12,14H2,1-7H3/b16-11+,18-13+;3*16-11-,18-13+/t17?,19?,22-,23?,25-;3*17-,19+,22-,23-,25-/m0000/s1. The molecule has 0 radical (unpaired) electrons. The predicted octanol–water partition coefficient (Wildman–Crippen LogP) is 21.1. The first-order valence-corrected chi connectivity index (χ1v) is 52.3. The number of Topliss-reactive ketones (excluding diaryl/α,β-unsaturated/α-hetero) is 4. The summed E-state index contributed by atoms with van der Waals surface area (Å²) in [4.78, 5) is 122. The molecule has 28 heteroatoms. The normalized spacial score (nSPS) is 32.1. The van der Waals surface area contributed by atoms with Gasteiger partial charge in [0.15, 0.2) is 0 Å². The van der Waals surface area contributed by atoms with E-state index < -0.39 is 142 Å². The summed E-state index contributed by atoms with van der Waals surface area (Å²) in [5.41, 5.74) is 6.83. The molecule has 8 N–H and O–H groups in total. The first-order valence-electron chi connectivity index (χ1n) is 48.7. The highest BCUT2D eigenvalue weighted by Crippen LogP contribution is 2.40. The van der Waals surface area contributed by atoms with Gasteiger partial charge in [-0.1, -0.05) is 157 Å². The van der Waals surface area contributed by atoms with Crippen LogP contribution in [0.15, 0.2) is 90.4 Å². The third-order valence-corrected chi connectivity index (χ3v) is 31.3. The fourth-order valence-corrected chi connectivity index (χ4v) is 19.9. The monoisotopic (exact) mass is 1970 g/mol. The molecule has 760 valence electrons. The van der Waals surface area contributed by atoms with Crippen molar-refractivity contribution in [1.82, 2.24) is 19.9 Å². The lowest BCUT2D eigenvalue weighted by Gasteiger charge is -2.34. The molecule has 4 aromatic heterocycles. The Balaban J connectivity index is 0.000000320. The summed E-state index contributed by atoms with van der Waals surface area (Å²) in [6.07, 6.45) is 17.3. The Hall–Kier alpha value is -7.32. The molecule has 4 aliphatic rings. The molecule has 3 unspecified atom stereocenters. The van der Waals surface area contributed by atoms with Gasteiger partial charge in [-0.2, -0.15) is 0 Å². The molecule has 4 aromatic rings. The van der Waals surface area contributed by atoms with Gasteiger partial charge in [0.05, 0.1) is 139 Å². The highest BCUT2D eigenvalue weighted by molar-refractivity contribution is 7.10. The van der Waals surface area contributed by atoms with Crippen LogP contribution in [0, 0.1) is 96.7 Å². The third-order valence-electron chi connectivity index (χ3n) is 28.2. The molecule has 0 aliphatic carbocycles. The van der Waals surface area contributed by atoms with E-state index in [1.165, 1.54) is 22.3 Å². The van der Waals surface area contributed by atoms with Crippen molar-refractivity contribution < 1.29 is 98.2 Å². The lowest BCUT2D eigenvalue weighted by molar-refractivity contribution is -0.155. The molecular formula is C108H164N4O20S4. The van der Waals surface area contributed by atoms with Crippen LogP contribution in [0.1, 0.15) is 337 Å². The number of carbonyl (C=O) groups is 8. The Morgan fingerprint density at radius 1 is 0.309 bits per heavy atom. The van der Waals surface area contributed by atoms with Crippen molar-refractivity contribution in [1.29, 1.82) is 0 Å². The molecular weight excluding hydrogens is 1800 g/mol. The average Bonchev–Trinajstić information content (AvgIpc) is 0.946. The Morgan fingerprint density at radius 2 is 0.478 bits per heavy atom. The maximum atomic E-state index is 13.2. The minimum absolute atomic E-state index is 0.0444. The van der Waals surface area contributed by atoms with E-state index in [9.17, 15) is 79.2 Å². The van der Waals surface area contributed by atoms with Gasteiger partial charge in [-0.05, 0) is 230 Å². The number of thiazole rings is 4. The number of aliphatic hydroxyl groups excluding tert-OH is 8. The number of aryl methyl sites for hydroxylation is 4. The van der Waals surface area contributed by atoms with Gasteiger partial charge in [0, 0.05) is 70.9 Å². The zero-order valence-electron chi connectivity index (χ0n) is 86.5. The second-order valence-electron chi connectivity index (χ2n) is 41.6. The van der Waals surface area contributed by atoms with Gasteiger partial charge in [0.2, 0.25) is 0 Å². The van der Waals surface area contributed by atoms with Crippen LogP contribution in [0.4, 0.5) is 0 Å². The molecule has 0 saturated carbocycles. The number of cyclic esters (lactones) is 4. The second kappa shape index (κ2) is 55.2. The average molecular weight is 1970 g/mol. The van der Waals surface area contributed by atoms with Crippen molar-refractivity contribution in [3.63, 3.8) is 0 Å². The largest absolute Gasteiger partial charge is 0.457 e. The molecule has 20 atom stereocenters. The number of hydrogen-bond acceptors (Lipinski definition) is 28. The van der Waals surface area contributed by atoms with Gasteiger partial charge < -0.3 is 59.8 Å². The van der Waals surface area contributed by atoms with Crippen LogP contribution in [-0.2, 0) is 57.3 Å². The van der Waals surface area contributed by atoms with Gasteiger partial charge in [-0.15, -0.1) is 45.3 Å². The van der Waals surface area contributed by atoms with Gasteiger partial charge in [-0.3, -0.25) is 38.4 Å². The Labute approximate surface area is 827 Å². The summed E-state index contributed by atoms with van der Waals surface area (Å²) in [5.74, 6) is -5.95. The fraction of sp³-hybridized carbons (Fsp3) is 0.667. The van der Waals surface area contributed by atoms with Gasteiger partial charge in [0.25, 0.3) is 0 Å². The van der Waals surface area contributed by atoms with Crippen molar-refractivity contribution in [2.45, 2.75) is 396 Å². The first kappa shape index (κ1) is 119. The van der Waals surface area contributed by atoms with E-state index in [0.717, 1.165) is 142 Å². The lowest BCUT2D eigenvalue weighted by Crippen LogP contribution is -2.45. The summed E-state index contributed by atoms with van der Waals surface area (Å²) < 4.78 is 23.2. The van der Waals surface area contributed by atoms with Crippen molar-refractivity contribution in [2.24, 2.45) is 69.0 Å². The molecule has 136 heavy (non-hydrogen) atoms. The summed E-state index contributed by atoms with van der Waals surface area (Å²) in [6, 6.07) is 0. The van der Waals surface area contributed by atoms with E-state index in [4.69, 9.17) is 18.9 Å². The van der Waals surface area contributed by atoms with Crippen molar-refractivity contribution >= 4 is 117 Å². The molecule has 8 rings (SSSR count). The molecule has 24 nitrogen and oxygen atoms in total. The highest BCUT2D eigenvalue weighted by Gasteiger charge is 2.47. The zero-order chi connectivity index (χ0) is 103. The second-order valence-corrected chi connectivity index (χ2v) is 45.8. The molecule has 8 heterocycles. The molecule has 0 bridgehead atoms. The van der Waals surface area contributed by atoms with Crippen molar-refractivity contribution in [3.05, 3.63) is 133 Å². The number of rotatable bonds is 8. The number of allylic oxidation sites excluding steroid dienone is 4. The number of nitrogens with zero attached hydrogens (tertiary/aromatic N) is 4. The van der Waals surface area contributed by atoms with E-state index in [2.05, 4.69) is 71.9 Å². The number of carbonyl (C=O) groups excluding carboxylic acids is 8. The SMILES string of the molecule is C/C1=C/C[C@@H](/C(C)=C/c2csc(C)n2)OC(=O)C[C@H](O)C(C)(C)C(=O)[C@H](C)[C@@H](O)[C@@H](C)CCC1.C/C1=C/C[C@@H](/C(C)=C/c2csc(C)n2)OC(=O)C[C@H](O)C(C)(C)C(=O)[C@H](C)[C@@H](O)[C@@H](C)CCC1.C/C1=C/C[C@@H](/C(C)=C/c2csc(C)n2)OC(=O)C[C@H](O)C(C)(C)C(=O)[C@H](C)[C@@H](O)[C@@H](C)CCC1.C/C1=C\C[C@@H](/C(C)=C/c2csc(C)n2)OC(=O)CC(O)C(C)(C)C(=O)C(C)[C@@H](O)C(C)CCC1. The quantitative estimate of drug-likeness (QED) is 0.0461. The van der Waals surface area contributed by atoms with Crippen LogP contribution >= 0.6 is 45.3 Å². The Morgan fingerprint density at radius 3 is 0.632 bits per heavy atom. The van der Waals surface area contributed by atoms with Crippen LogP contribution in [0.25, 0.3) is 24.3 Å². The van der Waals surface area contributed by atoms with E-state index in [-0.39, 0.29) is 72.5 Å². The van der Waals surface area contributed by atoms with Crippen molar-refractivity contribution in [3.8, 4) is 0 Å². The highest BCUT2D eigenvalue weighted by atomic mass is 32.1. The smallest absolute Gasteiger partial charge is 0.309 e. The van der Waals surface area contributed by atoms with Crippen LogP contribution < -0.4 is 0 Å². The Bertz CT molecular complexity index is 4260. The number of aromatic nitrogens is 4. The number of ketones is 4. The first-order chi connectivity index (χ1) is 63.3. The number of ether oxygens (including phenoxy) is 4. The summed E-state index contributed by atoms with van der Waals surface area (Å²) in [7, 11) is 0. The summed E-state index contributed by atoms with van der Waals surface area (Å²) in [5, 5.41) is 98.1. The van der Waals surface area contributed by atoms with Crippen molar-refractivity contribution in [2.75, 3.05) is 0 Å². The maximum absolute atomic E-state index is 13.2. The van der Waals surface area contributed by atoms with Gasteiger partial charge >= 0.3 is 23.9 Å². The molecule has 0 saturated heterocycles. The predicted molar refractivity (Wildman–Crippen MR) is 545 cm³/mol. The van der Waals surface area contributed by atoms with Crippen LogP contribution in [0.3, 0.4) is 0 Å². The molecule has 0 fully saturated rings. The third kappa shape index (κ3) is 37.0. The molecule has 0 amide bonds. The van der Waals surface area contributed by atoms with E-state index in [1.807, 2.05) is 129 Å². The minimum Gasteiger partial charge on any atom is -0.457 e. The summed E-state index contributed by atoms with van der Waals surface area (Å²) in [6.45, 7) is 51.4. The topological polar surface area (TPSA) is 387 Å². The fourth-order valence-electron chi connectivity index (χ4n) is 17.6. The molecule has 0 spiro atoms. The van der Waals surface area contributed by atoms with Crippen LogP contribution in [-0.4, -0.2) is 181 Å². The minimum atomic E-state index is -1.21. The number of esters is 4. The number of hydrogen-bond donors (Lipinski definition) is 8. The van der Waals surface area contributed by atoms with Crippen LogP contribution in [0.5, 0.6) is 0 Å². The summed E-state index contributed by atoms with van der Waals surface area (Å²) >= 11 is 6.25. The number of aliphatic hydroxyl groups is 8. The van der Waals surface area contributed by atoms with E-state index >= 15 is 0 Å². The maximum Gasteiger partial charge on any atom is 0.309 e. The Kier molecular flexibility index (Phi) is 48.4. The van der Waals surface area contributed by atoms with Gasteiger partial charge in [-0.25, -0.2) is 19.9 Å². The van der Waals surface area contributed by atoms with Gasteiger partial charge in [0.1, 0.15) is 47.5 Å². The molecule has 0 aromatic carbocycles. The van der Waals surface area contributed by atoms with E-state index in [1.54, 1.807) is 128 Å². The molecule has 4 aliphatic heterocycles. The van der Waals surface area contributed by atoms with Crippen LogP contribution in [0.2, 0.25) is 0 Å². The lowest BCUT2D eigenvalue weighted by atomic mass is 9.73.